The van der Waals surface area contributed by atoms with Crippen LogP contribution in [0, 0.1) is 17.8 Å². The molecule has 1 aromatic rings. The van der Waals surface area contributed by atoms with E-state index in [9.17, 15) is 14.7 Å². The molecule has 8 nitrogen and oxygen atoms in total. The maximum Gasteiger partial charge on any atom is 0.251 e. The summed E-state index contributed by atoms with van der Waals surface area (Å²) < 4.78 is -1.23. The summed E-state index contributed by atoms with van der Waals surface area (Å²) >= 11 is 1.68. The zero-order chi connectivity index (χ0) is 33.1. The summed E-state index contributed by atoms with van der Waals surface area (Å²) in [6.07, 6.45) is 6.42. The maximum atomic E-state index is 15.1. The van der Waals surface area contributed by atoms with E-state index in [1.165, 1.54) is 0 Å². The summed E-state index contributed by atoms with van der Waals surface area (Å²) in [4.78, 5) is 51.7. The Labute approximate surface area is 274 Å². The van der Waals surface area contributed by atoms with Crippen LogP contribution in [0.3, 0.4) is 0 Å². The molecule has 3 aliphatic rings. The molecular formula is C36H54N4O4S. The summed E-state index contributed by atoms with van der Waals surface area (Å²) in [5.74, 6) is -1.60. The number of anilines is 2. The second-order valence-electron chi connectivity index (χ2n) is 13.1. The van der Waals surface area contributed by atoms with E-state index in [1.807, 2.05) is 49.9 Å². The molecule has 3 saturated heterocycles. The van der Waals surface area contributed by atoms with Gasteiger partial charge in [0.2, 0.25) is 11.8 Å². The minimum absolute atomic E-state index is 0.0289. The van der Waals surface area contributed by atoms with Crippen LogP contribution in [0.5, 0.6) is 0 Å². The fourth-order valence-corrected chi connectivity index (χ4v) is 10.5. The van der Waals surface area contributed by atoms with Gasteiger partial charge in [-0.15, -0.1) is 24.9 Å². The number of rotatable bonds is 16. The molecule has 248 valence electrons. The van der Waals surface area contributed by atoms with Crippen molar-refractivity contribution in [2.24, 2.45) is 17.8 Å². The second-order valence-corrected chi connectivity index (χ2v) is 15.0. The number of aliphatic hydroxyl groups excluding tert-OH is 1. The molecule has 3 heterocycles. The van der Waals surface area contributed by atoms with E-state index in [4.69, 9.17) is 0 Å². The van der Waals surface area contributed by atoms with Gasteiger partial charge in [-0.1, -0.05) is 39.3 Å². The largest absolute Gasteiger partial charge is 0.394 e. The van der Waals surface area contributed by atoms with Crippen LogP contribution in [0.4, 0.5) is 11.4 Å². The normalized spacial score (nSPS) is 28.0. The molecule has 0 radical (unpaired) electrons. The molecule has 1 aromatic carbocycles. The van der Waals surface area contributed by atoms with Crippen molar-refractivity contribution in [2.45, 2.75) is 88.8 Å². The SMILES string of the molecule is C=CCN(CCC)C(=O)[C@H]1[C@H]2C(=O)N([C@@H](CO)[C@@H](C)CC)C(C(=O)N(CC=C)c3ccc(N(CC)CC)cc3)C23CC[C@]1(C)S3. The first-order valence-electron chi connectivity index (χ1n) is 16.8. The highest BCUT2D eigenvalue weighted by molar-refractivity contribution is 8.02. The number of carbonyl (C=O) groups is 3. The van der Waals surface area contributed by atoms with Gasteiger partial charge in [0.05, 0.1) is 29.2 Å². The smallest absolute Gasteiger partial charge is 0.251 e. The molecule has 1 spiro atoms. The number of fused-ring (bicyclic) bond motifs is 1. The summed E-state index contributed by atoms with van der Waals surface area (Å²) in [5.41, 5.74) is 1.82. The fraction of sp³-hybridized carbons (Fsp3) is 0.639. The van der Waals surface area contributed by atoms with Crippen LogP contribution >= 0.6 is 11.8 Å². The Morgan fingerprint density at radius 1 is 1.04 bits per heavy atom. The van der Waals surface area contributed by atoms with E-state index in [1.54, 1.807) is 33.7 Å². The van der Waals surface area contributed by atoms with Crippen molar-refractivity contribution in [1.82, 2.24) is 9.80 Å². The summed E-state index contributed by atoms with van der Waals surface area (Å²) in [6.45, 7) is 23.1. The van der Waals surface area contributed by atoms with Gasteiger partial charge in [-0.2, -0.15) is 0 Å². The number of hydrogen-bond donors (Lipinski definition) is 1. The van der Waals surface area contributed by atoms with Crippen LogP contribution in [0.25, 0.3) is 0 Å². The summed E-state index contributed by atoms with van der Waals surface area (Å²) in [7, 11) is 0. The van der Waals surface area contributed by atoms with Gasteiger partial charge in [0.25, 0.3) is 5.91 Å². The highest BCUT2D eigenvalue weighted by atomic mass is 32.2. The molecule has 3 fully saturated rings. The van der Waals surface area contributed by atoms with Crippen LogP contribution < -0.4 is 9.80 Å². The van der Waals surface area contributed by atoms with Crippen molar-refractivity contribution in [2.75, 3.05) is 49.1 Å². The predicted octanol–water partition coefficient (Wildman–Crippen LogP) is 5.36. The molecule has 2 unspecified atom stereocenters. The van der Waals surface area contributed by atoms with Crippen molar-refractivity contribution in [3.8, 4) is 0 Å². The van der Waals surface area contributed by atoms with E-state index >= 15 is 4.79 Å². The molecular weight excluding hydrogens is 584 g/mol. The Morgan fingerprint density at radius 2 is 1.67 bits per heavy atom. The number of hydrogen-bond acceptors (Lipinski definition) is 6. The molecule has 1 N–H and O–H groups in total. The van der Waals surface area contributed by atoms with Crippen LogP contribution in [0.2, 0.25) is 0 Å². The van der Waals surface area contributed by atoms with Crippen molar-refractivity contribution in [1.29, 1.82) is 0 Å². The lowest BCUT2D eigenvalue weighted by molar-refractivity contribution is -0.147. The van der Waals surface area contributed by atoms with E-state index < -0.39 is 33.4 Å². The number of benzene rings is 1. The second kappa shape index (κ2) is 14.3. The highest BCUT2D eigenvalue weighted by Crippen LogP contribution is 2.72. The van der Waals surface area contributed by atoms with Gasteiger partial charge in [-0.25, -0.2) is 0 Å². The minimum atomic E-state index is -0.813. The zero-order valence-electron chi connectivity index (χ0n) is 28.2. The first kappa shape index (κ1) is 35.1. The fourth-order valence-electron chi connectivity index (χ4n) is 8.14. The Bertz CT molecular complexity index is 1250. The Hall–Kier alpha value is -2.78. The number of nitrogens with zero attached hydrogens (tertiary/aromatic N) is 4. The average molecular weight is 639 g/mol. The number of amides is 3. The van der Waals surface area contributed by atoms with E-state index in [0.29, 0.717) is 19.5 Å². The zero-order valence-corrected chi connectivity index (χ0v) is 29.0. The van der Waals surface area contributed by atoms with E-state index in [-0.39, 0.29) is 36.8 Å². The van der Waals surface area contributed by atoms with Crippen molar-refractivity contribution < 1.29 is 19.5 Å². The predicted molar refractivity (Wildman–Crippen MR) is 186 cm³/mol. The van der Waals surface area contributed by atoms with E-state index in [0.717, 1.165) is 43.7 Å². The molecule has 4 rings (SSSR count). The van der Waals surface area contributed by atoms with Gasteiger partial charge < -0.3 is 24.7 Å². The Kier molecular flexibility index (Phi) is 11.2. The molecule has 3 aliphatic heterocycles. The Morgan fingerprint density at radius 3 is 2.20 bits per heavy atom. The number of likely N-dealkylation sites (tertiary alicyclic amines) is 1. The molecule has 3 amide bonds. The third kappa shape index (κ3) is 5.95. The molecule has 0 aromatic heterocycles. The van der Waals surface area contributed by atoms with Gasteiger partial charge >= 0.3 is 0 Å². The average Bonchev–Trinajstić information content (AvgIpc) is 3.61. The maximum absolute atomic E-state index is 15.1. The first-order chi connectivity index (χ1) is 21.5. The van der Waals surface area contributed by atoms with Gasteiger partial charge in [-0.3, -0.25) is 14.4 Å². The lowest BCUT2D eigenvalue weighted by Crippen LogP contribution is -2.58. The topological polar surface area (TPSA) is 84.4 Å². The van der Waals surface area contributed by atoms with Crippen molar-refractivity contribution in [3.63, 3.8) is 0 Å². The number of thioether (sulfide) groups is 1. The number of aliphatic hydroxyl groups is 1. The Balaban J connectivity index is 1.84. The lowest BCUT2D eigenvalue weighted by Gasteiger charge is -2.41. The van der Waals surface area contributed by atoms with Crippen LogP contribution in [-0.4, -0.2) is 93.5 Å². The molecule has 0 saturated carbocycles. The molecule has 2 bridgehead atoms. The van der Waals surface area contributed by atoms with Gasteiger partial charge in [0.15, 0.2) is 0 Å². The molecule has 9 heteroatoms. The molecule has 7 atom stereocenters. The number of carbonyl (C=O) groups excluding carboxylic acids is 3. The minimum Gasteiger partial charge on any atom is -0.394 e. The third-order valence-electron chi connectivity index (χ3n) is 10.6. The summed E-state index contributed by atoms with van der Waals surface area (Å²) in [6, 6.07) is 6.66. The quantitative estimate of drug-likeness (QED) is 0.246. The van der Waals surface area contributed by atoms with Gasteiger partial charge in [0.1, 0.15) is 6.04 Å². The standard InChI is InChI=1S/C36H54N4O4S/c1-9-21-38(22-10-2)32(42)29-30-33(43)40(28(24-41)25(7)12-4)31(36(30)20-19-35(29,8)45-36)34(44)39(23-11-3)27-17-15-26(16-18-27)37(13-5)14-6/h9,11,15-18,25,28-31,41H,1,3,10,12-14,19-24H2,2,4-8H3/t25-,28-,29+,30-,31?,35-,36?/m0/s1. The van der Waals surface area contributed by atoms with Gasteiger partial charge in [-0.05, 0) is 70.2 Å². The monoisotopic (exact) mass is 638 g/mol. The molecule has 0 aliphatic carbocycles. The first-order valence-corrected chi connectivity index (χ1v) is 17.7. The van der Waals surface area contributed by atoms with Crippen molar-refractivity contribution >= 4 is 40.9 Å². The molecule has 45 heavy (non-hydrogen) atoms. The van der Waals surface area contributed by atoms with Gasteiger partial charge in [0, 0.05) is 48.8 Å². The van der Waals surface area contributed by atoms with Crippen LogP contribution in [0.15, 0.2) is 49.6 Å². The van der Waals surface area contributed by atoms with E-state index in [2.05, 4.69) is 38.8 Å². The lowest BCUT2D eigenvalue weighted by atomic mass is 9.66. The van der Waals surface area contributed by atoms with Crippen LogP contribution in [0.1, 0.15) is 67.2 Å². The highest BCUT2D eigenvalue weighted by Gasteiger charge is 2.78. The summed E-state index contributed by atoms with van der Waals surface area (Å²) in [5, 5.41) is 10.7. The van der Waals surface area contributed by atoms with Crippen molar-refractivity contribution in [3.05, 3.63) is 49.6 Å². The van der Waals surface area contributed by atoms with Crippen LogP contribution in [-0.2, 0) is 14.4 Å². The third-order valence-corrected chi connectivity index (χ3v) is 12.6.